The number of nitrogens with zero attached hydrogens (tertiary/aromatic N) is 2. The Hall–Kier alpha value is -1.14. The second kappa shape index (κ2) is 9.73. The van der Waals surface area contributed by atoms with Crippen molar-refractivity contribution >= 4 is 40.0 Å². The molecule has 0 amide bonds. The van der Waals surface area contributed by atoms with Gasteiger partial charge in [0.15, 0.2) is 5.96 Å². The number of hydrogen-bond acceptors (Lipinski definition) is 5. The zero-order chi connectivity index (χ0) is 15.0. The van der Waals surface area contributed by atoms with E-state index in [1.807, 2.05) is 6.92 Å². The molecule has 0 saturated heterocycles. The summed E-state index contributed by atoms with van der Waals surface area (Å²) in [5.74, 6) is 0.0339. The molecule has 8 nitrogen and oxygen atoms in total. The molecule has 0 aromatic carbocycles. The van der Waals surface area contributed by atoms with Gasteiger partial charge >= 0.3 is 0 Å². The highest BCUT2D eigenvalue weighted by Gasteiger charge is 2.12. The van der Waals surface area contributed by atoms with Crippen molar-refractivity contribution in [3.63, 3.8) is 0 Å². The number of nitrogens with two attached hydrogens (primary N) is 1. The van der Waals surface area contributed by atoms with Crippen molar-refractivity contribution in [3.8, 4) is 0 Å². The third kappa shape index (κ3) is 9.42. The van der Waals surface area contributed by atoms with Gasteiger partial charge in [0.05, 0.1) is 12.2 Å². The third-order valence-electron chi connectivity index (χ3n) is 2.10. The number of aromatic nitrogens is 1. The predicted molar refractivity (Wildman–Crippen MR) is 91.9 cm³/mol. The first-order chi connectivity index (χ1) is 9.39. The molecule has 1 heterocycles. The largest absolute Gasteiger partial charge is 0.370 e. The average Bonchev–Trinajstić information content (AvgIpc) is 2.84. The van der Waals surface area contributed by atoms with Crippen LogP contribution in [0.1, 0.15) is 12.6 Å². The minimum absolute atomic E-state index is 0. The van der Waals surface area contributed by atoms with Gasteiger partial charge in [-0.1, -0.05) is 17.3 Å². The van der Waals surface area contributed by atoms with Crippen LogP contribution in [0.2, 0.25) is 0 Å². The highest BCUT2D eigenvalue weighted by atomic mass is 127. The quantitative estimate of drug-likeness (QED) is 0.178. The molecule has 0 aliphatic heterocycles. The van der Waals surface area contributed by atoms with Crippen molar-refractivity contribution in [1.82, 2.24) is 15.2 Å². The van der Waals surface area contributed by atoms with Gasteiger partial charge in [0.1, 0.15) is 12.0 Å². The van der Waals surface area contributed by atoms with Crippen molar-refractivity contribution < 1.29 is 12.9 Å². The molecular weight excluding hydrogens is 409 g/mol. The van der Waals surface area contributed by atoms with Gasteiger partial charge in [0.25, 0.3) is 0 Å². The highest BCUT2D eigenvalue weighted by molar-refractivity contribution is 14.0. The Bertz CT molecular complexity index is 556. The molecule has 1 rings (SSSR count). The molecule has 10 heteroatoms. The molecule has 0 saturated carbocycles. The van der Waals surface area contributed by atoms with E-state index in [1.165, 1.54) is 12.3 Å². The van der Waals surface area contributed by atoms with Crippen molar-refractivity contribution in [1.29, 1.82) is 0 Å². The molecule has 0 aliphatic rings. The number of halogens is 1. The summed E-state index contributed by atoms with van der Waals surface area (Å²) in [6.07, 6.45) is 1.32. The molecule has 0 unspecified atom stereocenters. The van der Waals surface area contributed by atoms with Gasteiger partial charge < -0.3 is 15.6 Å². The average molecular weight is 429 g/mol. The van der Waals surface area contributed by atoms with Gasteiger partial charge in [-0.2, -0.15) is 0 Å². The second-order valence-electron chi connectivity index (χ2n) is 4.23. The summed E-state index contributed by atoms with van der Waals surface area (Å²) in [7, 11) is -3.44. The van der Waals surface area contributed by atoms with E-state index in [0.717, 1.165) is 5.57 Å². The summed E-state index contributed by atoms with van der Waals surface area (Å²) in [4.78, 5) is 4.00. The van der Waals surface area contributed by atoms with E-state index in [9.17, 15) is 8.42 Å². The summed E-state index contributed by atoms with van der Waals surface area (Å²) in [5, 5.41) is 6.34. The van der Waals surface area contributed by atoms with Crippen LogP contribution in [0.15, 0.2) is 34.0 Å². The summed E-state index contributed by atoms with van der Waals surface area (Å²) in [5.41, 5.74) is 6.83. The zero-order valence-electron chi connectivity index (χ0n) is 11.7. The maximum Gasteiger partial charge on any atom is 0.217 e. The van der Waals surface area contributed by atoms with Crippen LogP contribution in [0.3, 0.4) is 0 Å². The number of sulfonamides is 1. The van der Waals surface area contributed by atoms with E-state index in [-0.39, 0.29) is 42.2 Å². The Morgan fingerprint density at radius 1 is 1.52 bits per heavy atom. The third-order valence-corrected chi connectivity index (χ3v) is 3.42. The molecule has 1 aromatic heterocycles. The van der Waals surface area contributed by atoms with E-state index in [1.54, 1.807) is 0 Å². The first-order valence-corrected chi connectivity index (χ1v) is 7.59. The lowest BCUT2D eigenvalue weighted by Gasteiger charge is -2.07. The normalized spacial score (nSPS) is 11.8. The molecule has 120 valence electrons. The van der Waals surface area contributed by atoms with E-state index >= 15 is 0 Å². The molecule has 0 radical (unpaired) electrons. The maximum atomic E-state index is 11.7. The van der Waals surface area contributed by atoms with Crippen molar-refractivity contribution in [2.24, 2.45) is 10.7 Å². The minimum atomic E-state index is -3.44. The van der Waals surface area contributed by atoms with Gasteiger partial charge in [-0.3, -0.25) is 0 Å². The Balaban J connectivity index is 0.00000400. The van der Waals surface area contributed by atoms with Crippen LogP contribution < -0.4 is 15.8 Å². The van der Waals surface area contributed by atoms with Gasteiger partial charge in [0, 0.05) is 19.2 Å². The Morgan fingerprint density at radius 2 is 2.24 bits per heavy atom. The predicted octanol–water partition coefficient (Wildman–Crippen LogP) is 0.192. The fourth-order valence-corrected chi connectivity index (χ4v) is 2.28. The second-order valence-corrected chi connectivity index (χ2v) is 6.04. The molecule has 0 spiro atoms. The van der Waals surface area contributed by atoms with Crippen LogP contribution in [0.5, 0.6) is 0 Å². The van der Waals surface area contributed by atoms with Crippen molar-refractivity contribution in [3.05, 3.63) is 30.2 Å². The summed E-state index contributed by atoms with van der Waals surface area (Å²) in [6, 6.07) is 1.50. The van der Waals surface area contributed by atoms with Crippen LogP contribution in [-0.2, 0) is 15.8 Å². The first kappa shape index (κ1) is 19.9. The van der Waals surface area contributed by atoms with E-state index in [0.29, 0.717) is 18.8 Å². The van der Waals surface area contributed by atoms with E-state index < -0.39 is 10.0 Å². The first-order valence-electron chi connectivity index (χ1n) is 5.94. The fraction of sp³-hybridized carbons (Fsp3) is 0.455. The topological polar surface area (TPSA) is 123 Å². The summed E-state index contributed by atoms with van der Waals surface area (Å²) in [6.45, 7) is 6.51. The van der Waals surface area contributed by atoms with Gasteiger partial charge in [0.2, 0.25) is 10.0 Å². The smallest absolute Gasteiger partial charge is 0.217 e. The number of aliphatic imine (C=N–C) groups is 1. The Kier molecular flexibility index (Phi) is 9.21. The Labute approximate surface area is 141 Å². The molecule has 4 N–H and O–H groups in total. The lowest BCUT2D eigenvalue weighted by molar-refractivity contribution is 0.413. The van der Waals surface area contributed by atoms with E-state index in [2.05, 4.69) is 31.3 Å². The zero-order valence-corrected chi connectivity index (χ0v) is 14.9. The summed E-state index contributed by atoms with van der Waals surface area (Å²) < 4.78 is 30.3. The lowest BCUT2D eigenvalue weighted by atomic mass is 10.4. The van der Waals surface area contributed by atoms with Crippen LogP contribution in [0, 0.1) is 0 Å². The van der Waals surface area contributed by atoms with Crippen LogP contribution in [0.25, 0.3) is 0 Å². The van der Waals surface area contributed by atoms with Gasteiger partial charge in [-0.05, 0) is 6.92 Å². The van der Waals surface area contributed by atoms with Gasteiger partial charge in [-0.15, -0.1) is 24.0 Å². The molecule has 0 fully saturated rings. The van der Waals surface area contributed by atoms with Crippen LogP contribution in [-0.4, -0.2) is 39.2 Å². The SMILES string of the molecule is C=C(C)CN=C(N)NCCNS(=O)(=O)Cc1ccon1.I. The number of hydrogen-bond donors (Lipinski definition) is 3. The highest BCUT2D eigenvalue weighted by Crippen LogP contribution is 2.00. The molecular formula is C11H20IN5O3S. The fourth-order valence-electron chi connectivity index (χ4n) is 1.23. The molecule has 1 aromatic rings. The van der Waals surface area contributed by atoms with Crippen LogP contribution >= 0.6 is 24.0 Å². The van der Waals surface area contributed by atoms with Crippen molar-refractivity contribution in [2.45, 2.75) is 12.7 Å². The lowest BCUT2D eigenvalue weighted by Crippen LogP contribution is -2.38. The number of rotatable bonds is 8. The standard InChI is InChI=1S/C11H19N5O3S.HI/c1-9(2)7-14-11(12)13-4-5-15-20(17,18)8-10-3-6-19-16-10;/h3,6,15H,1,4-5,7-8H2,2H3,(H3,12,13,14);1H. The molecule has 0 bridgehead atoms. The summed E-state index contributed by atoms with van der Waals surface area (Å²) >= 11 is 0. The number of nitrogens with one attached hydrogen (secondary N) is 2. The number of guanidine groups is 1. The Morgan fingerprint density at radius 3 is 2.81 bits per heavy atom. The minimum Gasteiger partial charge on any atom is -0.370 e. The molecule has 21 heavy (non-hydrogen) atoms. The molecule has 0 atom stereocenters. The van der Waals surface area contributed by atoms with E-state index in [4.69, 9.17) is 5.73 Å². The van der Waals surface area contributed by atoms with Crippen molar-refractivity contribution in [2.75, 3.05) is 19.6 Å². The monoisotopic (exact) mass is 429 g/mol. The maximum absolute atomic E-state index is 11.7. The van der Waals surface area contributed by atoms with Crippen LogP contribution in [0.4, 0.5) is 0 Å². The van der Waals surface area contributed by atoms with Gasteiger partial charge in [-0.25, -0.2) is 18.1 Å². The molecule has 0 aliphatic carbocycles.